The van der Waals surface area contributed by atoms with Gasteiger partial charge in [0, 0.05) is 28.8 Å². The van der Waals surface area contributed by atoms with E-state index in [2.05, 4.69) is 19.1 Å². The first kappa shape index (κ1) is 24.7. The summed E-state index contributed by atoms with van der Waals surface area (Å²) >= 11 is 1.87. The molecular formula is C27H42F2O2S. The first-order valence-corrected chi connectivity index (χ1v) is 13.9. The fourth-order valence-electron chi connectivity index (χ4n) is 7.19. The lowest BCUT2D eigenvalue weighted by atomic mass is 9.70. The standard InChI is InChI=1S/C27H42F2O2S/c1-16-13-22(26(32-16)21-8-4-5-10-23(21)28)25(31)20-9-6-7-17(20)14-18-11-12-19(15-24(18)30)27(2,3)29/h4,8,16-23,25-26,31H,5-7,9-15H2,1-3H3. The molecule has 1 saturated heterocycles. The van der Waals surface area contributed by atoms with Crippen LogP contribution in [0.5, 0.6) is 0 Å². The van der Waals surface area contributed by atoms with Crippen molar-refractivity contribution in [3.8, 4) is 0 Å². The molecule has 3 aliphatic carbocycles. The summed E-state index contributed by atoms with van der Waals surface area (Å²) in [6.07, 6.45) is 11.3. The number of hydrogen-bond donors (Lipinski definition) is 1. The van der Waals surface area contributed by atoms with Gasteiger partial charge in [0.05, 0.1) is 6.10 Å². The van der Waals surface area contributed by atoms with E-state index >= 15 is 0 Å². The van der Waals surface area contributed by atoms with Gasteiger partial charge in [-0.2, -0.15) is 11.8 Å². The van der Waals surface area contributed by atoms with Crippen LogP contribution in [-0.2, 0) is 4.79 Å². The molecule has 3 fully saturated rings. The lowest BCUT2D eigenvalue weighted by Crippen LogP contribution is -2.41. The number of hydrogen-bond acceptors (Lipinski definition) is 3. The van der Waals surface area contributed by atoms with Gasteiger partial charge >= 0.3 is 0 Å². The summed E-state index contributed by atoms with van der Waals surface area (Å²) < 4.78 is 29.1. The Morgan fingerprint density at radius 3 is 2.66 bits per heavy atom. The molecule has 5 heteroatoms. The van der Waals surface area contributed by atoms with Gasteiger partial charge in [-0.1, -0.05) is 31.9 Å². The van der Waals surface area contributed by atoms with Crippen LogP contribution in [0.15, 0.2) is 12.2 Å². The maximum atomic E-state index is 14.8. The summed E-state index contributed by atoms with van der Waals surface area (Å²) in [5, 5.41) is 12.2. The molecule has 1 N–H and O–H groups in total. The molecule has 1 heterocycles. The Labute approximate surface area is 197 Å². The van der Waals surface area contributed by atoms with E-state index < -0.39 is 17.9 Å². The molecule has 0 bridgehead atoms. The SMILES string of the molecule is CC1CC(C(O)C2CCCC2CC2CCC(C(C)(C)F)CC2=O)C(C2C=CCCC2F)S1. The van der Waals surface area contributed by atoms with Crippen LogP contribution in [-0.4, -0.2) is 39.3 Å². The van der Waals surface area contributed by atoms with E-state index in [0.29, 0.717) is 24.0 Å². The Balaban J connectivity index is 1.41. The van der Waals surface area contributed by atoms with Crippen molar-refractivity contribution in [3.63, 3.8) is 0 Å². The van der Waals surface area contributed by atoms with E-state index in [-0.39, 0.29) is 40.6 Å². The third kappa shape index (κ3) is 5.29. The number of aliphatic hydroxyl groups is 1. The summed E-state index contributed by atoms with van der Waals surface area (Å²) in [5.74, 6) is 0.703. The molecule has 10 unspecified atom stereocenters. The first-order valence-electron chi connectivity index (χ1n) is 13.0. The van der Waals surface area contributed by atoms with Crippen LogP contribution in [0.4, 0.5) is 8.78 Å². The number of aliphatic hydroxyl groups excluding tert-OH is 1. The highest BCUT2D eigenvalue weighted by molar-refractivity contribution is 8.00. The third-order valence-corrected chi connectivity index (χ3v) is 10.7. The Bertz CT molecular complexity index is 690. The minimum absolute atomic E-state index is 0.0237. The minimum atomic E-state index is -1.29. The highest BCUT2D eigenvalue weighted by Gasteiger charge is 2.48. The van der Waals surface area contributed by atoms with Gasteiger partial charge in [0.15, 0.2) is 0 Å². The molecule has 32 heavy (non-hydrogen) atoms. The molecule has 0 aromatic heterocycles. The van der Waals surface area contributed by atoms with Crippen molar-refractivity contribution in [1.29, 1.82) is 0 Å². The van der Waals surface area contributed by atoms with Crippen LogP contribution in [0.2, 0.25) is 0 Å². The topological polar surface area (TPSA) is 37.3 Å². The van der Waals surface area contributed by atoms with Gasteiger partial charge in [0.1, 0.15) is 17.6 Å². The van der Waals surface area contributed by atoms with Gasteiger partial charge in [0.25, 0.3) is 0 Å². The maximum Gasteiger partial charge on any atom is 0.136 e. The van der Waals surface area contributed by atoms with Crippen molar-refractivity contribution in [3.05, 3.63) is 12.2 Å². The fraction of sp³-hybridized carbons (Fsp3) is 0.889. The number of rotatable bonds is 6. The zero-order valence-corrected chi connectivity index (χ0v) is 20.8. The van der Waals surface area contributed by atoms with Crippen LogP contribution in [0.3, 0.4) is 0 Å². The molecule has 0 aromatic carbocycles. The number of alkyl halides is 2. The number of carbonyl (C=O) groups is 1. The summed E-state index contributed by atoms with van der Waals surface area (Å²) in [4.78, 5) is 12.8. The molecule has 4 rings (SSSR count). The Morgan fingerprint density at radius 2 is 1.97 bits per heavy atom. The molecule has 0 amide bonds. The number of halogens is 2. The van der Waals surface area contributed by atoms with Crippen LogP contribution in [0.25, 0.3) is 0 Å². The van der Waals surface area contributed by atoms with E-state index in [0.717, 1.165) is 51.4 Å². The fourth-order valence-corrected chi connectivity index (χ4v) is 8.98. The number of carbonyl (C=O) groups excluding carboxylic acids is 1. The highest BCUT2D eigenvalue weighted by atomic mass is 32.2. The highest BCUT2D eigenvalue weighted by Crippen LogP contribution is 2.51. The summed E-state index contributed by atoms with van der Waals surface area (Å²) in [6, 6.07) is 0. The van der Waals surface area contributed by atoms with Crippen molar-refractivity contribution in [2.75, 3.05) is 0 Å². The molecule has 182 valence electrons. The minimum Gasteiger partial charge on any atom is -0.392 e. The summed E-state index contributed by atoms with van der Waals surface area (Å²) in [6.45, 7) is 5.39. The number of Topliss-reactive ketones (excluding diaryl/α,β-unsaturated/α-hetero) is 1. The predicted octanol–water partition coefficient (Wildman–Crippen LogP) is 6.70. The molecule has 0 radical (unpaired) electrons. The van der Waals surface area contributed by atoms with E-state index in [4.69, 9.17) is 0 Å². The first-order chi connectivity index (χ1) is 15.1. The number of ketones is 1. The van der Waals surface area contributed by atoms with Crippen LogP contribution in [0, 0.1) is 35.5 Å². The third-order valence-electron chi connectivity index (χ3n) is 9.10. The van der Waals surface area contributed by atoms with Gasteiger partial charge < -0.3 is 5.11 Å². The van der Waals surface area contributed by atoms with Crippen molar-refractivity contribution in [2.45, 2.75) is 113 Å². The molecule has 4 aliphatic rings. The van der Waals surface area contributed by atoms with E-state index in [1.165, 1.54) is 0 Å². The average Bonchev–Trinajstić information content (AvgIpc) is 3.35. The normalized spacial score (nSPS) is 44.2. The molecule has 2 saturated carbocycles. The summed E-state index contributed by atoms with van der Waals surface area (Å²) in [7, 11) is 0. The Morgan fingerprint density at radius 1 is 1.19 bits per heavy atom. The van der Waals surface area contributed by atoms with E-state index in [9.17, 15) is 18.7 Å². The van der Waals surface area contributed by atoms with Crippen molar-refractivity contribution in [1.82, 2.24) is 0 Å². The molecule has 10 atom stereocenters. The average molecular weight is 469 g/mol. The second kappa shape index (κ2) is 10.1. The second-order valence-corrected chi connectivity index (χ2v) is 13.3. The molecular weight excluding hydrogens is 426 g/mol. The molecule has 0 spiro atoms. The van der Waals surface area contributed by atoms with Crippen LogP contribution < -0.4 is 0 Å². The van der Waals surface area contributed by atoms with Gasteiger partial charge in [0.2, 0.25) is 0 Å². The number of allylic oxidation sites excluding steroid dienone is 2. The zero-order chi connectivity index (χ0) is 23.0. The van der Waals surface area contributed by atoms with Crippen molar-refractivity contribution < 1.29 is 18.7 Å². The molecule has 2 nitrogen and oxygen atoms in total. The summed E-state index contributed by atoms with van der Waals surface area (Å²) in [5.41, 5.74) is -1.29. The van der Waals surface area contributed by atoms with Crippen molar-refractivity contribution in [2.24, 2.45) is 35.5 Å². The monoisotopic (exact) mass is 468 g/mol. The van der Waals surface area contributed by atoms with Gasteiger partial charge in [-0.15, -0.1) is 0 Å². The van der Waals surface area contributed by atoms with Gasteiger partial charge in [-0.05, 0) is 82.5 Å². The van der Waals surface area contributed by atoms with Crippen LogP contribution >= 0.6 is 11.8 Å². The lowest BCUT2D eigenvalue weighted by molar-refractivity contribution is -0.129. The Hall–Kier alpha value is -0.420. The van der Waals surface area contributed by atoms with E-state index in [1.54, 1.807) is 13.8 Å². The van der Waals surface area contributed by atoms with E-state index in [1.807, 2.05) is 11.8 Å². The van der Waals surface area contributed by atoms with Crippen LogP contribution in [0.1, 0.15) is 85.0 Å². The predicted molar refractivity (Wildman–Crippen MR) is 128 cm³/mol. The lowest BCUT2D eigenvalue weighted by Gasteiger charge is -2.38. The van der Waals surface area contributed by atoms with Gasteiger partial charge in [-0.3, -0.25) is 4.79 Å². The zero-order valence-electron chi connectivity index (χ0n) is 20.0. The Kier molecular flexibility index (Phi) is 7.76. The molecule has 1 aliphatic heterocycles. The quantitative estimate of drug-likeness (QED) is 0.441. The smallest absolute Gasteiger partial charge is 0.136 e. The maximum absolute atomic E-state index is 14.8. The van der Waals surface area contributed by atoms with Crippen molar-refractivity contribution >= 4 is 17.5 Å². The number of thioether (sulfide) groups is 1. The second-order valence-electron chi connectivity index (χ2n) is 11.7. The van der Waals surface area contributed by atoms with Gasteiger partial charge in [-0.25, -0.2) is 8.78 Å². The largest absolute Gasteiger partial charge is 0.392 e. The molecule has 0 aromatic rings.